The maximum Gasteiger partial charge on any atom is 0.265 e. The van der Waals surface area contributed by atoms with Gasteiger partial charge >= 0.3 is 0 Å². The summed E-state index contributed by atoms with van der Waals surface area (Å²) in [7, 11) is 1.59. The van der Waals surface area contributed by atoms with Gasteiger partial charge in [0.15, 0.2) is 0 Å². The fourth-order valence-electron chi connectivity index (χ4n) is 2.72. The van der Waals surface area contributed by atoms with E-state index >= 15 is 0 Å². The maximum absolute atomic E-state index is 12.6. The first-order valence-corrected chi connectivity index (χ1v) is 8.03. The maximum atomic E-state index is 12.6. The van der Waals surface area contributed by atoms with Gasteiger partial charge in [0.05, 0.1) is 7.11 Å². The lowest BCUT2D eigenvalue weighted by Crippen LogP contribution is -2.33. The number of amides is 1. The summed E-state index contributed by atoms with van der Waals surface area (Å²) in [6.45, 7) is 2.61. The van der Waals surface area contributed by atoms with E-state index in [0.717, 1.165) is 16.7 Å². The Hall–Kier alpha value is -3.15. The van der Waals surface area contributed by atoms with Crippen LogP contribution < -0.4 is 15.6 Å². The highest BCUT2D eigenvalue weighted by molar-refractivity contribution is 5.96. The van der Waals surface area contributed by atoms with Crippen molar-refractivity contribution in [2.75, 3.05) is 7.11 Å². The van der Waals surface area contributed by atoms with Crippen LogP contribution >= 0.6 is 0 Å². The molecule has 6 heteroatoms. The molecule has 0 saturated heterocycles. The molecule has 1 aromatic carbocycles. The first-order valence-electron chi connectivity index (χ1n) is 8.03. The minimum Gasteiger partial charge on any atom is -0.497 e. The van der Waals surface area contributed by atoms with Crippen LogP contribution in [-0.4, -0.2) is 22.6 Å². The molecule has 6 nitrogen and oxygen atoms in total. The quantitative estimate of drug-likeness (QED) is 0.776. The molecule has 1 amide bonds. The molecular weight excluding hydrogens is 318 g/mol. The van der Waals surface area contributed by atoms with Crippen LogP contribution in [0.25, 0.3) is 11.0 Å². The average Bonchev–Trinajstić information content (AvgIpc) is 2.65. The number of rotatable bonds is 5. The number of aromatic nitrogens is 2. The molecule has 2 heterocycles. The number of ether oxygens (including phenoxy) is 1. The topological polar surface area (TPSA) is 73.2 Å². The number of carbonyl (C=O) groups excluding carboxylic acids is 1. The second kappa shape index (κ2) is 7.17. The van der Waals surface area contributed by atoms with Crippen LogP contribution in [0.3, 0.4) is 0 Å². The van der Waals surface area contributed by atoms with Crippen molar-refractivity contribution in [2.24, 2.45) is 0 Å². The number of methoxy groups -OCH3 is 1. The smallest absolute Gasteiger partial charge is 0.265 e. The summed E-state index contributed by atoms with van der Waals surface area (Å²) < 4.78 is 6.68. The molecule has 0 atom stereocenters. The Morgan fingerprint density at radius 1 is 1.24 bits per heavy atom. The molecule has 2 aromatic heterocycles. The number of nitrogens with one attached hydrogen (secondary N) is 1. The standard InChI is InChI=1S/C19H19N3O3/c1-3-22-17-14(7-5-9-20-17)11-16(19(22)24)18(23)21-12-13-6-4-8-15(10-13)25-2/h4-11H,3,12H2,1-2H3,(H,21,23). The van der Waals surface area contributed by atoms with Crippen molar-refractivity contribution >= 4 is 16.9 Å². The van der Waals surface area contributed by atoms with Gasteiger partial charge < -0.3 is 10.1 Å². The van der Waals surface area contributed by atoms with Crippen molar-refractivity contribution in [3.05, 3.63) is 70.1 Å². The van der Waals surface area contributed by atoms with E-state index in [-0.39, 0.29) is 11.1 Å². The predicted molar refractivity (Wildman–Crippen MR) is 95.8 cm³/mol. The van der Waals surface area contributed by atoms with E-state index in [0.29, 0.717) is 18.7 Å². The van der Waals surface area contributed by atoms with Crippen molar-refractivity contribution in [3.63, 3.8) is 0 Å². The van der Waals surface area contributed by atoms with Gasteiger partial charge in [-0.1, -0.05) is 12.1 Å². The molecule has 0 bridgehead atoms. The van der Waals surface area contributed by atoms with Gasteiger partial charge in [-0.2, -0.15) is 0 Å². The van der Waals surface area contributed by atoms with E-state index in [1.54, 1.807) is 25.4 Å². The highest BCUT2D eigenvalue weighted by atomic mass is 16.5. The number of carbonyl (C=O) groups is 1. The molecule has 0 aliphatic rings. The zero-order chi connectivity index (χ0) is 17.8. The van der Waals surface area contributed by atoms with Crippen LogP contribution in [0.5, 0.6) is 5.75 Å². The molecular formula is C19H19N3O3. The van der Waals surface area contributed by atoms with E-state index in [2.05, 4.69) is 10.3 Å². The third-order valence-electron chi connectivity index (χ3n) is 4.00. The molecule has 1 N–H and O–H groups in total. The minimum atomic E-state index is -0.402. The van der Waals surface area contributed by atoms with E-state index in [4.69, 9.17) is 4.74 Å². The number of aryl methyl sites for hydroxylation is 1. The van der Waals surface area contributed by atoms with Gasteiger partial charge in [0.2, 0.25) is 0 Å². The highest BCUT2D eigenvalue weighted by Gasteiger charge is 2.15. The first kappa shape index (κ1) is 16.7. The van der Waals surface area contributed by atoms with Gasteiger partial charge in [-0.15, -0.1) is 0 Å². The monoisotopic (exact) mass is 337 g/mol. The van der Waals surface area contributed by atoms with E-state index < -0.39 is 5.91 Å². The Balaban J connectivity index is 1.89. The third-order valence-corrected chi connectivity index (χ3v) is 4.00. The van der Waals surface area contributed by atoms with Crippen molar-refractivity contribution in [2.45, 2.75) is 20.0 Å². The van der Waals surface area contributed by atoms with Crippen LogP contribution in [0, 0.1) is 0 Å². The number of hydrogen-bond acceptors (Lipinski definition) is 4. The minimum absolute atomic E-state index is 0.116. The summed E-state index contributed by atoms with van der Waals surface area (Å²) >= 11 is 0. The Labute approximate surface area is 145 Å². The van der Waals surface area contributed by atoms with Gasteiger partial charge in [-0.3, -0.25) is 14.2 Å². The Morgan fingerprint density at radius 3 is 2.84 bits per heavy atom. The van der Waals surface area contributed by atoms with E-state index in [1.807, 2.05) is 37.3 Å². The lowest BCUT2D eigenvalue weighted by Gasteiger charge is -2.11. The second-order valence-electron chi connectivity index (χ2n) is 5.56. The van der Waals surface area contributed by atoms with Gasteiger partial charge in [-0.25, -0.2) is 4.98 Å². The first-order chi connectivity index (χ1) is 12.1. The SMILES string of the molecule is CCn1c(=O)c(C(=O)NCc2cccc(OC)c2)cc2cccnc21. The summed E-state index contributed by atoms with van der Waals surface area (Å²) in [4.78, 5) is 29.4. The fourth-order valence-corrected chi connectivity index (χ4v) is 2.72. The molecule has 3 aromatic rings. The zero-order valence-corrected chi connectivity index (χ0v) is 14.2. The lowest BCUT2D eigenvalue weighted by molar-refractivity contribution is 0.0949. The Kier molecular flexibility index (Phi) is 4.79. The normalized spacial score (nSPS) is 10.6. The summed E-state index contributed by atoms with van der Waals surface area (Å²) in [5.74, 6) is 0.317. The number of pyridine rings is 2. The summed E-state index contributed by atoms with van der Waals surface area (Å²) in [5.41, 5.74) is 1.26. The van der Waals surface area contributed by atoms with Crippen LogP contribution in [-0.2, 0) is 13.1 Å². The molecule has 0 unspecified atom stereocenters. The molecule has 0 fully saturated rings. The predicted octanol–water partition coefficient (Wildman–Crippen LogP) is 2.35. The van der Waals surface area contributed by atoms with Gasteiger partial charge in [0, 0.05) is 24.7 Å². The molecule has 0 spiro atoms. The largest absolute Gasteiger partial charge is 0.497 e. The number of hydrogen-bond donors (Lipinski definition) is 1. The van der Waals surface area contributed by atoms with Crippen molar-refractivity contribution in [1.82, 2.24) is 14.9 Å². The highest BCUT2D eigenvalue weighted by Crippen LogP contribution is 2.13. The molecule has 0 aliphatic carbocycles. The molecule has 0 radical (unpaired) electrons. The van der Waals surface area contributed by atoms with Crippen LogP contribution in [0.4, 0.5) is 0 Å². The van der Waals surface area contributed by atoms with E-state index in [1.165, 1.54) is 4.57 Å². The van der Waals surface area contributed by atoms with Crippen LogP contribution in [0.1, 0.15) is 22.8 Å². The second-order valence-corrected chi connectivity index (χ2v) is 5.56. The van der Waals surface area contributed by atoms with E-state index in [9.17, 15) is 9.59 Å². The van der Waals surface area contributed by atoms with Gasteiger partial charge in [0.25, 0.3) is 11.5 Å². The number of benzene rings is 1. The molecule has 0 aliphatic heterocycles. The van der Waals surface area contributed by atoms with Crippen molar-refractivity contribution < 1.29 is 9.53 Å². The summed E-state index contributed by atoms with van der Waals surface area (Å²) in [6, 6.07) is 12.6. The number of nitrogens with zero attached hydrogens (tertiary/aromatic N) is 2. The molecule has 3 rings (SSSR count). The van der Waals surface area contributed by atoms with Crippen LogP contribution in [0.15, 0.2) is 53.5 Å². The summed E-state index contributed by atoms with van der Waals surface area (Å²) in [6.07, 6.45) is 1.64. The molecule has 0 saturated carbocycles. The summed E-state index contributed by atoms with van der Waals surface area (Å²) in [5, 5.41) is 3.55. The van der Waals surface area contributed by atoms with Gasteiger partial charge in [0.1, 0.15) is 17.0 Å². The van der Waals surface area contributed by atoms with Gasteiger partial charge in [-0.05, 0) is 42.8 Å². The van der Waals surface area contributed by atoms with Crippen molar-refractivity contribution in [1.29, 1.82) is 0 Å². The Morgan fingerprint density at radius 2 is 2.08 bits per heavy atom. The van der Waals surface area contributed by atoms with Crippen LogP contribution in [0.2, 0.25) is 0 Å². The Bertz CT molecular complexity index is 979. The molecule has 25 heavy (non-hydrogen) atoms. The lowest BCUT2D eigenvalue weighted by atomic mass is 10.1. The molecule has 128 valence electrons. The average molecular weight is 337 g/mol. The fraction of sp³-hybridized carbons (Fsp3) is 0.211. The van der Waals surface area contributed by atoms with Crippen molar-refractivity contribution in [3.8, 4) is 5.75 Å². The number of fused-ring (bicyclic) bond motifs is 1. The zero-order valence-electron chi connectivity index (χ0n) is 14.2. The third kappa shape index (κ3) is 3.38.